The van der Waals surface area contributed by atoms with E-state index >= 15 is 0 Å². The number of rotatable bonds is 11. The van der Waals surface area contributed by atoms with Gasteiger partial charge >= 0.3 is 0 Å². The molecule has 0 spiro atoms. The van der Waals surface area contributed by atoms with Gasteiger partial charge in [0.1, 0.15) is 6.04 Å². The maximum atomic E-state index is 13.6. The minimum atomic E-state index is -0.590. The molecule has 0 aliphatic carbocycles. The molecule has 2 amide bonds. The highest BCUT2D eigenvalue weighted by Gasteiger charge is 2.30. The normalized spacial score (nSPS) is 11.8. The van der Waals surface area contributed by atoms with Crippen molar-refractivity contribution >= 4 is 23.6 Å². The summed E-state index contributed by atoms with van der Waals surface area (Å²) in [6.45, 7) is 8.41. The van der Waals surface area contributed by atoms with Gasteiger partial charge in [0.05, 0.1) is 5.75 Å². The predicted octanol–water partition coefficient (Wildman–Crippen LogP) is 5.70. The largest absolute Gasteiger partial charge is 0.352 e. The molecule has 0 heterocycles. The van der Waals surface area contributed by atoms with Gasteiger partial charge in [-0.15, -0.1) is 11.8 Å². The molecule has 0 radical (unpaired) electrons. The average Bonchev–Trinajstić information content (AvgIpc) is 2.82. The fraction of sp³-hybridized carbons (Fsp3) is 0.333. The molecule has 0 saturated heterocycles. The zero-order chi connectivity index (χ0) is 25.2. The van der Waals surface area contributed by atoms with Gasteiger partial charge in [-0.3, -0.25) is 9.59 Å². The van der Waals surface area contributed by atoms with E-state index in [1.807, 2.05) is 81.4 Å². The standard InChI is InChI=1S/C30H36N2O2S/c1-22(2)31-30(34)28(18-25-10-6-5-7-11-25)32(19-26-15-13-23(3)14-16-26)29(33)21-35-20-27-12-8-9-24(4)17-27/h5-17,22,28H,18-21H2,1-4H3,(H,31,34). The van der Waals surface area contributed by atoms with Crippen molar-refractivity contribution in [2.45, 2.75) is 58.5 Å². The van der Waals surface area contributed by atoms with Crippen molar-refractivity contribution in [1.29, 1.82) is 0 Å². The number of aryl methyl sites for hydroxylation is 2. The summed E-state index contributed by atoms with van der Waals surface area (Å²) in [5, 5.41) is 3.04. The Bertz CT molecular complexity index is 1100. The van der Waals surface area contributed by atoms with Gasteiger partial charge in [0, 0.05) is 24.8 Å². The molecular formula is C30H36N2O2S. The van der Waals surface area contributed by atoms with Crippen molar-refractivity contribution < 1.29 is 9.59 Å². The molecule has 0 saturated carbocycles. The van der Waals surface area contributed by atoms with E-state index in [1.165, 1.54) is 16.7 Å². The molecule has 4 nitrogen and oxygen atoms in total. The molecule has 1 N–H and O–H groups in total. The molecular weight excluding hydrogens is 452 g/mol. The molecule has 3 aromatic carbocycles. The number of carbonyl (C=O) groups excluding carboxylic acids is 2. The van der Waals surface area contributed by atoms with Gasteiger partial charge in [0.2, 0.25) is 11.8 Å². The summed E-state index contributed by atoms with van der Waals surface area (Å²) in [5.74, 6) is 0.934. The van der Waals surface area contributed by atoms with Crippen LogP contribution in [-0.2, 0) is 28.3 Å². The number of amides is 2. The van der Waals surface area contributed by atoms with Crippen LogP contribution in [0.25, 0.3) is 0 Å². The second-order valence-electron chi connectivity index (χ2n) is 9.36. The number of hydrogen-bond acceptors (Lipinski definition) is 3. The molecule has 184 valence electrons. The SMILES string of the molecule is Cc1ccc(CN(C(=O)CSCc2cccc(C)c2)C(Cc2ccccc2)C(=O)NC(C)C)cc1. The van der Waals surface area contributed by atoms with Crippen molar-refractivity contribution in [2.24, 2.45) is 0 Å². The van der Waals surface area contributed by atoms with E-state index < -0.39 is 6.04 Å². The lowest BCUT2D eigenvalue weighted by molar-refractivity contribution is -0.139. The summed E-state index contributed by atoms with van der Waals surface area (Å²) >= 11 is 1.59. The smallest absolute Gasteiger partial charge is 0.243 e. The predicted molar refractivity (Wildman–Crippen MR) is 146 cm³/mol. The first-order chi connectivity index (χ1) is 16.8. The number of nitrogens with zero attached hydrogens (tertiary/aromatic N) is 1. The molecule has 0 aliphatic rings. The fourth-order valence-corrected chi connectivity index (χ4v) is 4.82. The summed E-state index contributed by atoms with van der Waals surface area (Å²) < 4.78 is 0. The summed E-state index contributed by atoms with van der Waals surface area (Å²) in [7, 11) is 0. The van der Waals surface area contributed by atoms with Crippen molar-refractivity contribution in [3.63, 3.8) is 0 Å². The highest BCUT2D eigenvalue weighted by Crippen LogP contribution is 2.19. The Kier molecular flexibility index (Phi) is 9.98. The van der Waals surface area contributed by atoms with Gasteiger partial charge in [0.15, 0.2) is 0 Å². The Morgan fingerprint density at radius 3 is 2.17 bits per heavy atom. The maximum Gasteiger partial charge on any atom is 0.243 e. The Labute approximate surface area is 214 Å². The molecule has 0 fully saturated rings. The van der Waals surface area contributed by atoms with E-state index in [9.17, 15) is 9.59 Å². The first kappa shape index (κ1) is 26.6. The Balaban J connectivity index is 1.84. The molecule has 0 bridgehead atoms. The first-order valence-electron chi connectivity index (χ1n) is 12.1. The Morgan fingerprint density at radius 1 is 0.829 bits per heavy atom. The van der Waals surface area contributed by atoms with Crippen LogP contribution >= 0.6 is 11.8 Å². The van der Waals surface area contributed by atoms with Crippen LogP contribution in [0.4, 0.5) is 0 Å². The molecule has 1 atom stereocenters. The second-order valence-corrected chi connectivity index (χ2v) is 10.3. The van der Waals surface area contributed by atoms with Crippen LogP contribution in [0.2, 0.25) is 0 Å². The molecule has 5 heteroatoms. The molecule has 3 rings (SSSR count). The number of thioether (sulfide) groups is 1. The van der Waals surface area contributed by atoms with E-state index in [0.29, 0.717) is 18.7 Å². The third-order valence-electron chi connectivity index (χ3n) is 5.75. The summed E-state index contributed by atoms with van der Waals surface area (Å²) in [4.78, 5) is 28.8. The van der Waals surface area contributed by atoms with Crippen LogP contribution in [0.3, 0.4) is 0 Å². The van der Waals surface area contributed by atoms with Gasteiger partial charge in [-0.05, 0) is 44.4 Å². The molecule has 1 unspecified atom stereocenters. The van der Waals surface area contributed by atoms with Gasteiger partial charge < -0.3 is 10.2 Å². The Morgan fingerprint density at radius 2 is 1.51 bits per heavy atom. The number of nitrogens with one attached hydrogen (secondary N) is 1. The van der Waals surface area contributed by atoms with Crippen molar-refractivity contribution in [2.75, 3.05) is 5.75 Å². The first-order valence-corrected chi connectivity index (χ1v) is 13.3. The van der Waals surface area contributed by atoms with Crippen molar-refractivity contribution in [3.05, 3.63) is 107 Å². The lowest BCUT2D eigenvalue weighted by Crippen LogP contribution is -2.52. The van der Waals surface area contributed by atoms with E-state index in [-0.39, 0.29) is 17.9 Å². The number of hydrogen-bond donors (Lipinski definition) is 1. The van der Waals surface area contributed by atoms with Crippen molar-refractivity contribution in [1.82, 2.24) is 10.2 Å². The van der Waals surface area contributed by atoms with Crippen LogP contribution in [0.15, 0.2) is 78.9 Å². The van der Waals surface area contributed by atoms with E-state index in [2.05, 4.69) is 30.4 Å². The minimum absolute atomic E-state index is 0.00667. The van der Waals surface area contributed by atoms with Crippen LogP contribution in [0.5, 0.6) is 0 Å². The van der Waals surface area contributed by atoms with Gasteiger partial charge in [-0.25, -0.2) is 0 Å². The molecule has 0 aromatic heterocycles. The van der Waals surface area contributed by atoms with E-state index in [1.54, 1.807) is 16.7 Å². The van der Waals surface area contributed by atoms with Gasteiger partial charge in [-0.2, -0.15) is 0 Å². The zero-order valence-electron chi connectivity index (χ0n) is 21.2. The van der Waals surface area contributed by atoms with Crippen LogP contribution in [0.1, 0.15) is 41.7 Å². The third-order valence-corrected chi connectivity index (χ3v) is 6.74. The maximum absolute atomic E-state index is 13.6. The van der Waals surface area contributed by atoms with Crippen LogP contribution < -0.4 is 5.32 Å². The van der Waals surface area contributed by atoms with E-state index in [4.69, 9.17) is 0 Å². The van der Waals surface area contributed by atoms with Crippen molar-refractivity contribution in [3.8, 4) is 0 Å². The van der Waals surface area contributed by atoms with Crippen LogP contribution in [-0.4, -0.2) is 34.6 Å². The highest BCUT2D eigenvalue weighted by molar-refractivity contribution is 7.99. The third kappa shape index (κ3) is 8.59. The van der Waals surface area contributed by atoms with E-state index in [0.717, 1.165) is 16.9 Å². The summed E-state index contributed by atoms with van der Waals surface area (Å²) in [5.41, 5.74) is 5.63. The minimum Gasteiger partial charge on any atom is -0.352 e. The summed E-state index contributed by atoms with van der Waals surface area (Å²) in [6, 6.07) is 25.8. The van der Waals surface area contributed by atoms with Gasteiger partial charge in [0.25, 0.3) is 0 Å². The second kappa shape index (κ2) is 13.1. The monoisotopic (exact) mass is 488 g/mol. The lowest BCUT2D eigenvalue weighted by atomic mass is 10.0. The fourth-order valence-electron chi connectivity index (χ4n) is 3.97. The average molecular weight is 489 g/mol. The van der Waals surface area contributed by atoms with Crippen LogP contribution in [0, 0.1) is 13.8 Å². The lowest BCUT2D eigenvalue weighted by Gasteiger charge is -2.32. The Hall–Kier alpha value is -3.05. The van der Waals surface area contributed by atoms with Gasteiger partial charge in [-0.1, -0.05) is 90.0 Å². The molecule has 35 heavy (non-hydrogen) atoms. The summed E-state index contributed by atoms with van der Waals surface area (Å²) in [6.07, 6.45) is 0.472. The molecule has 3 aromatic rings. The molecule has 0 aliphatic heterocycles. The number of benzene rings is 3. The quantitative estimate of drug-likeness (QED) is 0.377. The highest BCUT2D eigenvalue weighted by atomic mass is 32.2. The topological polar surface area (TPSA) is 49.4 Å². The number of carbonyl (C=O) groups is 2. The zero-order valence-corrected chi connectivity index (χ0v) is 22.0.